The van der Waals surface area contributed by atoms with Gasteiger partial charge in [-0.05, 0) is 35.8 Å². The van der Waals surface area contributed by atoms with E-state index in [2.05, 4.69) is 86.1 Å². The first-order valence-corrected chi connectivity index (χ1v) is 7.50. The van der Waals surface area contributed by atoms with Crippen LogP contribution in [-0.2, 0) is 14.1 Å². The third kappa shape index (κ3) is 3.66. The SMILES string of the molecule is CCC(CC(C)c1cc[n+](C)cc1)c1cc[n+](C)cc1. The second-order valence-corrected chi connectivity index (χ2v) is 5.84. The lowest BCUT2D eigenvalue weighted by molar-refractivity contribution is -0.671. The first-order valence-electron chi connectivity index (χ1n) is 7.50. The molecule has 106 valence electrons. The van der Waals surface area contributed by atoms with Crippen LogP contribution in [0.5, 0.6) is 0 Å². The van der Waals surface area contributed by atoms with Crippen LogP contribution in [0.4, 0.5) is 0 Å². The van der Waals surface area contributed by atoms with E-state index in [1.807, 2.05) is 0 Å². The first-order chi connectivity index (χ1) is 9.60. The zero-order valence-electron chi connectivity index (χ0n) is 13.1. The number of aryl methyl sites for hydroxylation is 2. The Kier molecular flexibility index (Phi) is 4.89. The molecule has 0 fully saturated rings. The summed E-state index contributed by atoms with van der Waals surface area (Å²) in [4.78, 5) is 0. The van der Waals surface area contributed by atoms with Crippen molar-refractivity contribution in [1.29, 1.82) is 0 Å². The molecular formula is C18H26N2+2. The Morgan fingerprint density at radius 3 is 1.75 bits per heavy atom. The summed E-state index contributed by atoms with van der Waals surface area (Å²) in [6.07, 6.45) is 11.0. The summed E-state index contributed by atoms with van der Waals surface area (Å²) in [5.74, 6) is 1.23. The van der Waals surface area contributed by atoms with Gasteiger partial charge in [0.2, 0.25) is 0 Å². The standard InChI is InChI=1S/C18H26N2/c1-5-16(18-8-12-20(4)13-9-18)14-15(2)17-6-10-19(3)11-7-17/h6-13,15-16H,5,14H2,1-4H3/q+2. The molecule has 0 saturated carbocycles. The average molecular weight is 270 g/mol. The predicted octanol–water partition coefficient (Wildman–Crippen LogP) is 3.02. The van der Waals surface area contributed by atoms with Gasteiger partial charge in [-0.1, -0.05) is 13.8 Å². The van der Waals surface area contributed by atoms with Crippen LogP contribution in [0, 0.1) is 0 Å². The summed E-state index contributed by atoms with van der Waals surface area (Å²) < 4.78 is 4.18. The molecule has 0 spiro atoms. The van der Waals surface area contributed by atoms with E-state index in [9.17, 15) is 0 Å². The highest BCUT2D eigenvalue weighted by Gasteiger charge is 2.16. The van der Waals surface area contributed by atoms with E-state index in [0.717, 1.165) is 0 Å². The van der Waals surface area contributed by atoms with E-state index in [4.69, 9.17) is 0 Å². The van der Waals surface area contributed by atoms with E-state index in [-0.39, 0.29) is 0 Å². The van der Waals surface area contributed by atoms with Crippen molar-refractivity contribution in [3.63, 3.8) is 0 Å². The molecule has 0 aromatic carbocycles. The van der Waals surface area contributed by atoms with E-state index >= 15 is 0 Å². The monoisotopic (exact) mass is 270 g/mol. The van der Waals surface area contributed by atoms with Crippen molar-refractivity contribution in [1.82, 2.24) is 0 Å². The maximum atomic E-state index is 2.33. The molecule has 2 heteroatoms. The molecule has 20 heavy (non-hydrogen) atoms. The highest BCUT2D eigenvalue weighted by atomic mass is 14.9. The van der Waals surface area contributed by atoms with Gasteiger partial charge in [0.25, 0.3) is 0 Å². The quantitative estimate of drug-likeness (QED) is 0.738. The second-order valence-electron chi connectivity index (χ2n) is 5.84. The molecule has 2 aromatic heterocycles. The van der Waals surface area contributed by atoms with Crippen molar-refractivity contribution < 1.29 is 9.13 Å². The number of rotatable bonds is 5. The minimum absolute atomic E-state index is 0.593. The van der Waals surface area contributed by atoms with Crippen LogP contribution in [0.1, 0.15) is 49.7 Å². The van der Waals surface area contributed by atoms with Crippen LogP contribution in [0.2, 0.25) is 0 Å². The number of aromatic nitrogens is 2. The molecule has 2 nitrogen and oxygen atoms in total. The summed E-state index contributed by atoms with van der Waals surface area (Å²) in [7, 11) is 4.13. The van der Waals surface area contributed by atoms with Crippen LogP contribution in [0.3, 0.4) is 0 Å². The van der Waals surface area contributed by atoms with Gasteiger partial charge in [0.05, 0.1) is 0 Å². The fourth-order valence-corrected chi connectivity index (χ4v) is 2.73. The molecule has 2 aromatic rings. The molecule has 0 radical (unpaired) electrons. The van der Waals surface area contributed by atoms with Gasteiger partial charge in [0.1, 0.15) is 14.1 Å². The summed E-state index contributed by atoms with van der Waals surface area (Å²) in [6, 6.07) is 8.99. The molecule has 0 saturated heterocycles. The summed E-state index contributed by atoms with van der Waals surface area (Å²) in [6.45, 7) is 4.62. The van der Waals surface area contributed by atoms with Gasteiger partial charge in [-0.2, -0.15) is 0 Å². The number of nitrogens with zero attached hydrogens (tertiary/aromatic N) is 2. The van der Waals surface area contributed by atoms with E-state index in [1.165, 1.54) is 24.0 Å². The van der Waals surface area contributed by atoms with E-state index < -0.39 is 0 Å². The van der Waals surface area contributed by atoms with Crippen molar-refractivity contribution in [3.8, 4) is 0 Å². The maximum Gasteiger partial charge on any atom is 0.168 e. The maximum absolute atomic E-state index is 2.33. The minimum Gasteiger partial charge on any atom is -0.208 e. The number of hydrogen-bond acceptors (Lipinski definition) is 0. The zero-order valence-corrected chi connectivity index (χ0v) is 13.1. The van der Waals surface area contributed by atoms with E-state index in [0.29, 0.717) is 11.8 Å². The van der Waals surface area contributed by atoms with Crippen molar-refractivity contribution in [2.24, 2.45) is 14.1 Å². The molecule has 2 unspecified atom stereocenters. The van der Waals surface area contributed by atoms with Crippen molar-refractivity contribution >= 4 is 0 Å². The van der Waals surface area contributed by atoms with E-state index in [1.54, 1.807) is 0 Å². The Bertz CT molecular complexity index is 528. The third-order valence-electron chi connectivity index (χ3n) is 4.18. The van der Waals surface area contributed by atoms with Crippen LogP contribution in [0.25, 0.3) is 0 Å². The Labute approximate surface area is 122 Å². The smallest absolute Gasteiger partial charge is 0.168 e. The Morgan fingerprint density at radius 2 is 1.30 bits per heavy atom. The van der Waals surface area contributed by atoms with Gasteiger partial charge in [0.15, 0.2) is 24.8 Å². The Morgan fingerprint density at radius 1 is 0.850 bits per heavy atom. The zero-order chi connectivity index (χ0) is 14.5. The highest BCUT2D eigenvalue weighted by Crippen LogP contribution is 2.31. The lowest BCUT2D eigenvalue weighted by atomic mass is 9.85. The Hall–Kier alpha value is -1.70. The molecule has 2 rings (SSSR count). The number of hydrogen-bond donors (Lipinski definition) is 0. The summed E-state index contributed by atoms with van der Waals surface area (Å²) in [5, 5.41) is 0. The topological polar surface area (TPSA) is 7.76 Å². The largest absolute Gasteiger partial charge is 0.208 e. The summed E-state index contributed by atoms with van der Waals surface area (Å²) in [5.41, 5.74) is 2.89. The van der Waals surface area contributed by atoms with Crippen LogP contribution in [0.15, 0.2) is 49.1 Å². The van der Waals surface area contributed by atoms with Crippen molar-refractivity contribution in [3.05, 3.63) is 60.2 Å². The number of pyridine rings is 2. The Balaban J connectivity index is 2.09. The normalized spacial score (nSPS) is 14.0. The van der Waals surface area contributed by atoms with Gasteiger partial charge in [-0.25, -0.2) is 9.13 Å². The van der Waals surface area contributed by atoms with Crippen molar-refractivity contribution in [2.75, 3.05) is 0 Å². The molecule has 2 heterocycles. The summed E-state index contributed by atoms with van der Waals surface area (Å²) >= 11 is 0. The molecule has 0 aliphatic rings. The first kappa shape index (κ1) is 14.7. The fraction of sp³-hybridized carbons (Fsp3) is 0.444. The van der Waals surface area contributed by atoms with Gasteiger partial charge >= 0.3 is 0 Å². The predicted molar refractivity (Wildman–Crippen MR) is 81.3 cm³/mol. The molecule has 0 aliphatic carbocycles. The molecule has 0 aliphatic heterocycles. The van der Waals surface area contributed by atoms with Gasteiger partial charge < -0.3 is 0 Å². The fourth-order valence-electron chi connectivity index (χ4n) is 2.73. The van der Waals surface area contributed by atoms with Gasteiger partial charge in [-0.15, -0.1) is 0 Å². The van der Waals surface area contributed by atoms with Gasteiger partial charge in [-0.3, -0.25) is 0 Å². The van der Waals surface area contributed by atoms with Crippen LogP contribution in [-0.4, -0.2) is 0 Å². The molecule has 2 atom stereocenters. The van der Waals surface area contributed by atoms with Crippen LogP contribution >= 0.6 is 0 Å². The second kappa shape index (κ2) is 6.65. The highest BCUT2D eigenvalue weighted by molar-refractivity contribution is 5.18. The van der Waals surface area contributed by atoms with Gasteiger partial charge in [0, 0.05) is 24.3 Å². The van der Waals surface area contributed by atoms with Crippen molar-refractivity contribution in [2.45, 2.75) is 38.5 Å². The third-order valence-corrected chi connectivity index (χ3v) is 4.18. The average Bonchev–Trinajstić information content (AvgIpc) is 2.46. The molecule has 0 bridgehead atoms. The van der Waals surface area contributed by atoms with Crippen LogP contribution < -0.4 is 9.13 Å². The lowest BCUT2D eigenvalue weighted by Crippen LogP contribution is -2.26. The minimum atomic E-state index is 0.593. The molecular weight excluding hydrogens is 244 g/mol. The molecule has 0 amide bonds. The molecule has 0 N–H and O–H groups in total. The lowest BCUT2D eigenvalue weighted by Gasteiger charge is -2.19.